The Kier molecular flexibility index (Phi) is 5.27. The molecule has 1 aliphatic heterocycles. The number of sulfone groups is 1. The smallest absolute Gasteiger partial charge is 0.194 e. The average molecular weight is 378 g/mol. The molecule has 7 heteroatoms. The minimum absolute atomic E-state index is 0.161. The zero-order valence-electron chi connectivity index (χ0n) is 15.7. The summed E-state index contributed by atoms with van der Waals surface area (Å²) in [6.45, 7) is 7.84. The second kappa shape index (κ2) is 7.31. The number of nitrogens with zero attached hydrogens (tertiary/aromatic N) is 2. The van der Waals surface area contributed by atoms with Gasteiger partial charge in [0.2, 0.25) is 0 Å². The van der Waals surface area contributed by atoms with Crippen molar-refractivity contribution in [2.45, 2.75) is 31.9 Å². The number of hydrogen-bond acceptors (Lipinski definition) is 4. The third-order valence-corrected chi connectivity index (χ3v) is 7.31. The van der Waals surface area contributed by atoms with Crippen LogP contribution in [0.5, 0.6) is 0 Å². The third-order valence-electron chi connectivity index (χ3n) is 4.77. The van der Waals surface area contributed by atoms with E-state index in [-0.39, 0.29) is 5.75 Å². The standard InChI is InChI=1S/C19H27N3O3S/c1-4-20-18(22-11-12-26(23,24)19(2,3)14-22)21-10-9-16-13-15-7-5-6-8-17(15)25-16/h5-8,13H,4,9-12,14H2,1-3H3,(H,20,21). The topological polar surface area (TPSA) is 74.9 Å². The van der Waals surface area contributed by atoms with Crippen LogP contribution < -0.4 is 5.32 Å². The van der Waals surface area contributed by atoms with Crippen molar-refractivity contribution >= 4 is 26.8 Å². The van der Waals surface area contributed by atoms with Gasteiger partial charge in [0.15, 0.2) is 15.8 Å². The van der Waals surface area contributed by atoms with Crippen LogP contribution in [0.25, 0.3) is 11.0 Å². The van der Waals surface area contributed by atoms with Crippen LogP contribution in [0.2, 0.25) is 0 Å². The first-order valence-corrected chi connectivity index (χ1v) is 10.7. The Morgan fingerprint density at radius 2 is 2.12 bits per heavy atom. The van der Waals surface area contributed by atoms with Crippen molar-refractivity contribution in [2.75, 3.05) is 31.9 Å². The van der Waals surface area contributed by atoms with Crippen molar-refractivity contribution in [3.8, 4) is 0 Å². The Labute approximate surface area is 155 Å². The third kappa shape index (κ3) is 3.87. The number of guanidine groups is 1. The van der Waals surface area contributed by atoms with E-state index in [1.54, 1.807) is 13.8 Å². The summed E-state index contributed by atoms with van der Waals surface area (Å²) < 4.78 is 29.5. The summed E-state index contributed by atoms with van der Waals surface area (Å²) in [7, 11) is -3.06. The monoisotopic (exact) mass is 377 g/mol. The van der Waals surface area contributed by atoms with E-state index in [2.05, 4.69) is 5.32 Å². The van der Waals surface area contributed by atoms with Gasteiger partial charge in [0, 0.05) is 38.0 Å². The van der Waals surface area contributed by atoms with E-state index < -0.39 is 14.6 Å². The summed E-state index contributed by atoms with van der Waals surface area (Å²) >= 11 is 0. The van der Waals surface area contributed by atoms with Crippen molar-refractivity contribution in [2.24, 2.45) is 4.99 Å². The van der Waals surface area contributed by atoms with Gasteiger partial charge >= 0.3 is 0 Å². The molecule has 0 amide bonds. The molecule has 0 radical (unpaired) electrons. The predicted molar refractivity (Wildman–Crippen MR) is 105 cm³/mol. The maximum absolute atomic E-state index is 12.2. The highest BCUT2D eigenvalue weighted by Crippen LogP contribution is 2.24. The highest BCUT2D eigenvalue weighted by Gasteiger charge is 2.40. The fourth-order valence-electron chi connectivity index (χ4n) is 3.18. The summed E-state index contributed by atoms with van der Waals surface area (Å²) in [5.41, 5.74) is 0.890. The average Bonchev–Trinajstić information content (AvgIpc) is 2.99. The van der Waals surface area contributed by atoms with E-state index in [9.17, 15) is 8.42 Å². The molecular formula is C19H27N3O3S. The second-order valence-electron chi connectivity index (χ2n) is 7.24. The van der Waals surface area contributed by atoms with Gasteiger partial charge in [-0.05, 0) is 32.9 Å². The Balaban J connectivity index is 1.69. The number of hydrogen-bond donors (Lipinski definition) is 1. The zero-order valence-corrected chi connectivity index (χ0v) is 16.5. The van der Waals surface area contributed by atoms with Crippen molar-refractivity contribution < 1.29 is 12.8 Å². The normalized spacial score (nSPS) is 19.7. The van der Waals surface area contributed by atoms with Crippen LogP contribution in [0.1, 0.15) is 26.5 Å². The lowest BCUT2D eigenvalue weighted by atomic mass is 10.2. The molecule has 1 saturated heterocycles. The lowest BCUT2D eigenvalue weighted by Gasteiger charge is -2.39. The fourth-order valence-corrected chi connectivity index (χ4v) is 4.55. The Bertz CT molecular complexity index is 867. The molecule has 1 N–H and O–H groups in total. The molecule has 0 atom stereocenters. The molecule has 1 fully saturated rings. The van der Waals surface area contributed by atoms with E-state index in [0.717, 1.165) is 29.2 Å². The molecule has 1 aromatic carbocycles. The molecule has 26 heavy (non-hydrogen) atoms. The molecule has 6 nitrogen and oxygen atoms in total. The lowest BCUT2D eigenvalue weighted by Crippen LogP contribution is -2.57. The first kappa shape index (κ1) is 18.8. The van der Waals surface area contributed by atoms with Gasteiger partial charge in [0.25, 0.3) is 0 Å². The Morgan fingerprint density at radius 3 is 2.81 bits per heavy atom. The fraction of sp³-hybridized carbons (Fsp3) is 0.526. The number of para-hydroxylation sites is 1. The Hall–Kier alpha value is -2.02. The highest BCUT2D eigenvalue weighted by molar-refractivity contribution is 7.92. The molecular weight excluding hydrogens is 350 g/mol. The number of nitrogens with one attached hydrogen (secondary N) is 1. The lowest BCUT2D eigenvalue weighted by molar-refractivity contribution is 0.353. The molecule has 142 valence electrons. The second-order valence-corrected chi connectivity index (χ2v) is 9.98. The van der Waals surface area contributed by atoms with Crippen molar-refractivity contribution in [1.29, 1.82) is 0 Å². The molecule has 0 saturated carbocycles. The predicted octanol–water partition coefficient (Wildman–Crippen LogP) is 2.45. The largest absolute Gasteiger partial charge is 0.461 e. The van der Waals surface area contributed by atoms with Gasteiger partial charge in [-0.1, -0.05) is 18.2 Å². The number of furan rings is 1. The molecule has 2 heterocycles. The number of fused-ring (bicyclic) bond motifs is 1. The minimum atomic E-state index is -3.06. The van der Waals surface area contributed by atoms with Gasteiger partial charge in [0.05, 0.1) is 10.5 Å². The van der Waals surface area contributed by atoms with Crippen LogP contribution in [0, 0.1) is 0 Å². The van der Waals surface area contributed by atoms with Crippen LogP contribution in [0.15, 0.2) is 39.7 Å². The van der Waals surface area contributed by atoms with Crippen LogP contribution in [0.4, 0.5) is 0 Å². The van der Waals surface area contributed by atoms with Gasteiger partial charge in [-0.3, -0.25) is 4.99 Å². The van der Waals surface area contributed by atoms with E-state index in [0.29, 0.717) is 26.1 Å². The number of benzene rings is 1. The van der Waals surface area contributed by atoms with E-state index >= 15 is 0 Å². The Morgan fingerprint density at radius 1 is 1.35 bits per heavy atom. The molecule has 0 bridgehead atoms. The van der Waals surface area contributed by atoms with E-state index in [1.807, 2.05) is 42.2 Å². The number of aliphatic imine (C=N–C) groups is 1. The van der Waals surface area contributed by atoms with E-state index in [1.165, 1.54) is 0 Å². The van der Waals surface area contributed by atoms with Crippen molar-refractivity contribution in [3.05, 3.63) is 36.1 Å². The van der Waals surface area contributed by atoms with Gasteiger partial charge in [-0.15, -0.1) is 0 Å². The summed E-state index contributed by atoms with van der Waals surface area (Å²) in [5, 5.41) is 4.38. The molecule has 2 aromatic rings. The molecule has 3 rings (SSSR count). The first-order valence-electron chi connectivity index (χ1n) is 9.05. The van der Waals surface area contributed by atoms with Crippen LogP contribution in [-0.2, 0) is 16.3 Å². The first-order chi connectivity index (χ1) is 12.3. The quantitative estimate of drug-likeness (QED) is 0.654. The summed E-state index contributed by atoms with van der Waals surface area (Å²) in [4.78, 5) is 6.74. The maximum atomic E-state index is 12.2. The summed E-state index contributed by atoms with van der Waals surface area (Å²) in [6, 6.07) is 10.0. The SMILES string of the molecule is CCNC(=NCCc1cc2ccccc2o1)N1CCS(=O)(=O)C(C)(C)C1. The minimum Gasteiger partial charge on any atom is -0.461 e. The van der Waals surface area contributed by atoms with Gasteiger partial charge < -0.3 is 14.6 Å². The summed E-state index contributed by atoms with van der Waals surface area (Å²) in [6.07, 6.45) is 0.707. The van der Waals surface area contributed by atoms with Gasteiger partial charge in [-0.2, -0.15) is 0 Å². The molecule has 0 aliphatic carbocycles. The van der Waals surface area contributed by atoms with Gasteiger partial charge in [0.1, 0.15) is 11.3 Å². The molecule has 0 spiro atoms. The van der Waals surface area contributed by atoms with Crippen molar-refractivity contribution in [3.63, 3.8) is 0 Å². The van der Waals surface area contributed by atoms with Crippen LogP contribution >= 0.6 is 0 Å². The van der Waals surface area contributed by atoms with Crippen LogP contribution in [0.3, 0.4) is 0 Å². The van der Waals surface area contributed by atoms with Gasteiger partial charge in [-0.25, -0.2) is 8.42 Å². The van der Waals surface area contributed by atoms with E-state index in [4.69, 9.17) is 9.41 Å². The highest BCUT2D eigenvalue weighted by atomic mass is 32.2. The summed E-state index contributed by atoms with van der Waals surface area (Å²) in [5.74, 6) is 1.84. The molecule has 0 unspecified atom stereocenters. The maximum Gasteiger partial charge on any atom is 0.194 e. The molecule has 1 aromatic heterocycles. The molecule has 1 aliphatic rings. The number of rotatable bonds is 4. The van der Waals surface area contributed by atoms with Crippen LogP contribution in [-0.4, -0.2) is 56.0 Å². The zero-order chi connectivity index (χ0) is 18.8. The van der Waals surface area contributed by atoms with Crippen molar-refractivity contribution in [1.82, 2.24) is 10.2 Å².